The lowest BCUT2D eigenvalue weighted by Gasteiger charge is -2.05. The molecular formula is C12H13N3O. The molecule has 0 saturated heterocycles. The molecule has 4 heteroatoms. The van der Waals surface area contributed by atoms with Crippen molar-refractivity contribution >= 4 is 5.69 Å². The largest absolute Gasteiger partial charge is 0.398 e. The van der Waals surface area contributed by atoms with Gasteiger partial charge in [-0.1, -0.05) is 6.07 Å². The van der Waals surface area contributed by atoms with Crippen LogP contribution in [0.2, 0.25) is 0 Å². The standard InChI is InChI=1S/C12H13N3O/c13-11-3-4-12(16)15(9-11)7-5-10-2-1-6-14-8-10/h1-4,6,8-9H,5,7,13H2. The van der Waals surface area contributed by atoms with Gasteiger partial charge in [0.15, 0.2) is 0 Å². The van der Waals surface area contributed by atoms with Crippen LogP contribution in [0.3, 0.4) is 0 Å². The average molecular weight is 215 g/mol. The van der Waals surface area contributed by atoms with Crippen molar-refractivity contribution < 1.29 is 0 Å². The predicted molar refractivity (Wildman–Crippen MR) is 63.1 cm³/mol. The van der Waals surface area contributed by atoms with Crippen LogP contribution in [0.1, 0.15) is 5.56 Å². The van der Waals surface area contributed by atoms with Crippen LogP contribution in [-0.4, -0.2) is 9.55 Å². The van der Waals surface area contributed by atoms with E-state index in [1.165, 1.54) is 6.07 Å². The summed E-state index contributed by atoms with van der Waals surface area (Å²) in [6, 6.07) is 6.98. The summed E-state index contributed by atoms with van der Waals surface area (Å²) < 4.78 is 1.61. The van der Waals surface area contributed by atoms with Gasteiger partial charge in [-0.2, -0.15) is 0 Å². The van der Waals surface area contributed by atoms with Crippen molar-refractivity contribution in [3.05, 3.63) is 58.8 Å². The summed E-state index contributed by atoms with van der Waals surface area (Å²) in [5, 5.41) is 0. The number of aromatic nitrogens is 2. The highest BCUT2D eigenvalue weighted by molar-refractivity contribution is 5.33. The molecule has 0 bridgehead atoms. The Bertz CT molecular complexity index is 519. The highest BCUT2D eigenvalue weighted by Gasteiger charge is 1.97. The number of anilines is 1. The molecule has 0 aliphatic rings. The van der Waals surface area contributed by atoms with Gasteiger partial charge >= 0.3 is 0 Å². The SMILES string of the molecule is Nc1ccc(=O)n(CCc2cccnc2)c1. The molecule has 0 aliphatic heterocycles. The maximum absolute atomic E-state index is 11.5. The van der Waals surface area contributed by atoms with Crippen LogP contribution in [0.4, 0.5) is 5.69 Å². The maximum Gasteiger partial charge on any atom is 0.250 e. The van der Waals surface area contributed by atoms with Crippen LogP contribution in [0.15, 0.2) is 47.7 Å². The van der Waals surface area contributed by atoms with Crippen molar-refractivity contribution in [3.8, 4) is 0 Å². The maximum atomic E-state index is 11.5. The topological polar surface area (TPSA) is 60.9 Å². The first-order chi connectivity index (χ1) is 7.75. The Morgan fingerprint density at radius 3 is 2.94 bits per heavy atom. The highest BCUT2D eigenvalue weighted by Crippen LogP contribution is 2.00. The number of nitrogens with zero attached hydrogens (tertiary/aromatic N) is 2. The van der Waals surface area contributed by atoms with Crippen LogP contribution >= 0.6 is 0 Å². The number of aryl methyl sites for hydroxylation is 2. The molecule has 0 spiro atoms. The van der Waals surface area contributed by atoms with Crippen molar-refractivity contribution in [2.75, 3.05) is 5.73 Å². The summed E-state index contributed by atoms with van der Waals surface area (Å²) in [6.45, 7) is 0.621. The zero-order chi connectivity index (χ0) is 11.4. The minimum absolute atomic E-state index is 0.0295. The lowest BCUT2D eigenvalue weighted by molar-refractivity contribution is 0.670. The minimum atomic E-state index is -0.0295. The van der Waals surface area contributed by atoms with Crippen LogP contribution in [0.5, 0.6) is 0 Å². The average Bonchev–Trinajstić information content (AvgIpc) is 2.32. The summed E-state index contributed by atoms with van der Waals surface area (Å²) in [4.78, 5) is 15.5. The monoisotopic (exact) mass is 215 g/mol. The van der Waals surface area contributed by atoms with Gasteiger partial charge < -0.3 is 10.3 Å². The van der Waals surface area contributed by atoms with E-state index in [4.69, 9.17) is 5.73 Å². The summed E-state index contributed by atoms with van der Waals surface area (Å²) in [7, 11) is 0. The Labute approximate surface area is 93.4 Å². The van der Waals surface area contributed by atoms with E-state index in [0.717, 1.165) is 12.0 Å². The molecule has 0 aliphatic carbocycles. The molecule has 0 saturated carbocycles. The van der Waals surface area contributed by atoms with Crippen LogP contribution in [0, 0.1) is 0 Å². The van der Waals surface area contributed by atoms with E-state index in [-0.39, 0.29) is 5.56 Å². The van der Waals surface area contributed by atoms with E-state index < -0.39 is 0 Å². The molecule has 0 aromatic carbocycles. The number of rotatable bonds is 3. The van der Waals surface area contributed by atoms with Gasteiger partial charge in [-0.05, 0) is 24.1 Å². The van der Waals surface area contributed by atoms with Crippen molar-refractivity contribution in [2.24, 2.45) is 0 Å². The lowest BCUT2D eigenvalue weighted by Crippen LogP contribution is -2.19. The van der Waals surface area contributed by atoms with E-state index in [9.17, 15) is 4.79 Å². The van der Waals surface area contributed by atoms with Crippen molar-refractivity contribution in [1.29, 1.82) is 0 Å². The van der Waals surface area contributed by atoms with E-state index in [0.29, 0.717) is 12.2 Å². The van der Waals surface area contributed by atoms with Crippen molar-refractivity contribution in [3.63, 3.8) is 0 Å². The van der Waals surface area contributed by atoms with Gasteiger partial charge in [0.1, 0.15) is 0 Å². The number of nitrogens with two attached hydrogens (primary N) is 1. The molecule has 16 heavy (non-hydrogen) atoms. The summed E-state index contributed by atoms with van der Waals surface area (Å²) in [6.07, 6.45) is 5.98. The van der Waals surface area contributed by atoms with Gasteiger partial charge in [0.25, 0.3) is 5.56 Å². The number of pyridine rings is 2. The third kappa shape index (κ3) is 2.48. The zero-order valence-corrected chi connectivity index (χ0v) is 8.84. The minimum Gasteiger partial charge on any atom is -0.398 e. The van der Waals surface area contributed by atoms with Crippen LogP contribution in [0.25, 0.3) is 0 Å². The molecule has 2 aromatic heterocycles. The molecule has 0 amide bonds. The molecule has 0 radical (unpaired) electrons. The van der Waals surface area contributed by atoms with Gasteiger partial charge in [-0.15, -0.1) is 0 Å². The first kappa shape index (κ1) is 10.4. The first-order valence-corrected chi connectivity index (χ1v) is 5.10. The molecule has 2 heterocycles. The second-order valence-electron chi connectivity index (χ2n) is 3.61. The number of hydrogen-bond donors (Lipinski definition) is 1. The fraction of sp³-hybridized carbons (Fsp3) is 0.167. The molecule has 0 unspecified atom stereocenters. The number of hydrogen-bond acceptors (Lipinski definition) is 3. The highest BCUT2D eigenvalue weighted by atomic mass is 16.1. The second kappa shape index (κ2) is 4.61. The Morgan fingerprint density at radius 2 is 2.19 bits per heavy atom. The van der Waals surface area contributed by atoms with Crippen LogP contribution in [-0.2, 0) is 13.0 Å². The number of nitrogen functional groups attached to an aromatic ring is 1. The Hall–Kier alpha value is -2.10. The van der Waals surface area contributed by atoms with E-state index in [1.807, 2.05) is 12.1 Å². The van der Waals surface area contributed by atoms with Gasteiger partial charge in [0.05, 0.1) is 0 Å². The van der Waals surface area contributed by atoms with Crippen molar-refractivity contribution in [2.45, 2.75) is 13.0 Å². The summed E-state index contributed by atoms with van der Waals surface area (Å²) in [5.74, 6) is 0. The fourth-order valence-corrected chi connectivity index (χ4v) is 1.52. The molecule has 0 atom stereocenters. The van der Waals surface area contributed by atoms with E-state index in [1.54, 1.807) is 29.2 Å². The van der Waals surface area contributed by atoms with Gasteiger partial charge in [-0.3, -0.25) is 9.78 Å². The summed E-state index contributed by atoms with van der Waals surface area (Å²) in [5.41, 5.74) is 7.31. The molecule has 2 N–H and O–H groups in total. The predicted octanol–water partition coefficient (Wildman–Crippen LogP) is 1.07. The zero-order valence-electron chi connectivity index (χ0n) is 8.84. The van der Waals surface area contributed by atoms with Crippen molar-refractivity contribution in [1.82, 2.24) is 9.55 Å². The van der Waals surface area contributed by atoms with Gasteiger partial charge in [0.2, 0.25) is 0 Å². The van der Waals surface area contributed by atoms with Crippen LogP contribution < -0.4 is 11.3 Å². The molecule has 0 fully saturated rings. The lowest BCUT2D eigenvalue weighted by atomic mass is 10.2. The summed E-state index contributed by atoms with van der Waals surface area (Å²) >= 11 is 0. The van der Waals surface area contributed by atoms with Gasteiger partial charge in [-0.25, -0.2) is 0 Å². The first-order valence-electron chi connectivity index (χ1n) is 5.10. The quantitative estimate of drug-likeness (QED) is 0.833. The normalized spacial score (nSPS) is 10.2. The molecule has 82 valence electrons. The van der Waals surface area contributed by atoms with E-state index >= 15 is 0 Å². The van der Waals surface area contributed by atoms with E-state index in [2.05, 4.69) is 4.98 Å². The second-order valence-corrected chi connectivity index (χ2v) is 3.61. The Balaban J connectivity index is 2.11. The molecule has 2 aromatic rings. The molecule has 2 rings (SSSR count). The smallest absolute Gasteiger partial charge is 0.250 e. The Kier molecular flexibility index (Phi) is 3.00. The molecule has 4 nitrogen and oxygen atoms in total. The Morgan fingerprint density at radius 1 is 1.31 bits per heavy atom. The fourth-order valence-electron chi connectivity index (χ4n) is 1.52. The molecular weight excluding hydrogens is 202 g/mol. The third-order valence-corrected chi connectivity index (χ3v) is 2.37. The van der Waals surface area contributed by atoms with Gasteiger partial charge in [0, 0.05) is 36.9 Å². The third-order valence-electron chi connectivity index (χ3n) is 2.37.